The summed E-state index contributed by atoms with van der Waals surface area (Å²) in [7, 11) is 0. The molecule has 1 nitrogen and oxygen atoms in total. The number of rotatable bonds is 0. The molecule has 0 spiro atoms. The lowest BCUT2D eigenvalue weighted by Crippen LogP contribution is -2.15. The highest BCUT2D eigenvalue weighted by molar-refractivity contribution is 5.58. The molecule has 0 aromatic heterocycles. The highest BCUT2D eigenvalue weighted by Crippen LogP contribution is 2.39. The monoisotopic (exact) mass is 191 g/mol. The zero-order chi connectivity index (χ0) is 9.64. The summed E-state index contributed by atoms with van der Waals surface area (Å²) in [6.07, 6.45) is 0. The topological polar surface area (TPSA) is 12.0 Å². The first-order chi connectivity index (χ1) is 6.00. The van der Waals surface area contributed by atoms with Crippen LogP contribution in [0.15, 0.2) is 12.1 Å². The van der Waals surface area contributed by atoms with Crippen LogP contribution >= 0.6 is 0 Å². The molecule has 1 aromatic rings. The quantitative estimate of drug-likeness (QED) is 0.621. The van der Waals surface area contributed by atoms with Crippen LogP contribution < -0.4 is 5.32 Å². The second kappa shape index (κ2) is 2.37. The summed E-state index contributed by atoms with van der Waals surface area (Å²) in [5, 5.41) is 2.30. The summed E-state index contributed by atoms with van der Waals surface area (Å²) < 4.78 is 50.9. The van der Waals surface area contributed by atoms with Crippen molar-refractivity contribution in [3.63, 3.8) is 0 Å². The van der Waals surface area contributed by atoms with Crippen LogP contribution in [-0.4, -0.2) is 6.54 Å². The van der Waals surface area contributed by atoms with E-state index in [-0.39, 0.29) is 5.69 Å². The van der Waals surface area contributed by atoms with Crippen LogP contribution in [0.2, 0.25) is 0 Å². The Labute approximate surface area is 71.4 Å². The molecule has 0 fully saturated rings. The molecule has 0 saturated carbocycles. The van der Waals surface area contributed by atoms with Gasteiger partial charge in [-0.05, 0) is 6.07 Å². The van der Waals surface area contributed by atoms with Gasteiger partial charge in [-0.1, -0.05) is 0 Å². The first kappa shape index (κ1) is 8.34. The molecule has 1 aliphatic heterocycles. The molecule has 13 heavy (non-hydrogen) atoms. The minimum atomic E-state index is -3.11. The average molecular weight is 191 g/mol. The maximum atomic E-state index is 12.9. The molecule has 0 saturated heterocycles. The summed E-state index contributed by atoms with van der Waals surface area (Å²) >= 11 is 0. The second-order valence-corrected chi connectivity index (χ2v) is 2.87. The highest BCUT2D eigenvalue weighted by Gasteiger charge is 2.40. The van der Waals surface area contributed by atoms with Crippen LogP contribution in [0.3, 0.4) is 0 Å². The van der Waals surface area contributed by atoms with Crippen LogP contribution in [0.25, 0.3) is 0 Å². The standard InChI is InChI=1S/C8H5F4N/c9-5-1-4-7(2-6(5)10)13-3-8(4,11)12/h1-2,13H,3H2. The van der Waals surface area contributed by atoms with Gasteiger partial charge in [-0.15, -0.1) is 0 Å². The maximum Gasteiger partial charge on any atom is 0.292 e. The summed E-state index contributed by atoms with van der Waals surface area (Å²) in [4.78, 5) is 0. The van der Waals surface area contributed by atoms with Crippen LogP contribution in [0.4, 0.5) is 23.2 Å². The summed E-state index contributed by atoms with van der Waals surface area (Å²) in [6, 6.07) is 1.27. The molecule has 1 aromatic carbocycles. The molecule has 1 aliphatic rings. The van der Waals surface area contributed by atoms with Gasteiger partial charge in [0.1, 0.15) is 0 Å². The van der Waals surface area contributed by atoms with E-state index in [9.17, 15) is 17.6 Å². The summed E-state index contributed by atoms with van der Waals surface area (Å²) in [5.41, 5.74) is -0.518. The Kier molecular flexibility index (Phi) is 1.52. The van der Waals surface area contributed by atoms with Crippen molar-refractivity contribution in [2.75, 3.05) is 11.9 Å². The molecule has 0 amide bonds. The van der Waals surface area contributed by atoms with Crippen molar-refractivity contribution in [3.05, 3.63) is 29.3 Å². The minimum absolute atomic E-state index is 0.0381. The number of benzene rings is 1. The van der Waals surface area contributed by atoms with Crippen LogP contribution in [-0.2, 0) is 5.92 Å². The van der Waals surface area contributed by atoms with Gasteiger partial charge in [0.15, 0.2) is 11.6 Å². The first-order valence-corrected chi connectivity index (χ1v) is 3.62. The largest absolute Gasteiger partial charge is 0.378 e. The van der Waals surface area contributed by atoms with Gasteiger partial charge in [0.05, 0.1) is 6.54 Å². The smallest absolute Gasteiger partial charge is 0.292 e. The van der Waals surface area contributed by atoms with Crippen LogP contribution in [0.1, 0.15) is 5.56 Å². The number of anilines is 1. The number of halogens is 4. The van der Waals surface area contributed by atoms with Crippen LogP contribution in [0.5, 0.6) is 0 Å². The molecule has 1 N–H and O–H groups in total. The fourth-order valence-electron chi connectivity index (χ4n) is 1.30. The predicted octanol–water partition coefficient (Wildman–Crippen LogP) is 2.48. The Morgan fingerprint density at radius 2 is 1.77 bits per heavy atom. The SMILES string of the molecule is Fc1cc2c(cc1F)C(F)(F)CN2. The average Bonchev–Trinajstić information content (AvgIpc) is 2.31. The fourth-order valence-corrected chi connectivity index (χ4v) is 1.30. The van der Waals surface area contributed by atoms with E-state index in [1.165, 1.54) is 0 Å². The van der Waals surface area contributed by atoms with Crippen LogP contribution in [0, 0.1) is 11.6 Å². The number of hydrogen-bond acceptors (Lipinski definition) is 1. The Bertz CT molecular complexity index is 361. The predicted molar refractivity (Wildman–Crippen MR) is 38.7 cm³/mol. The van der Waals surface area contributed by atoms with Gasteiger partial charge in [0, 0.05) is 17.3 Å². The van der Waals surface area contributed by atoms with E-state index in [4.69, 9.17) is 0 Å². The molecule has 0 atom stereocenters. The summed E-state index contributed by atoms with van der Waals surface area (Å²) in [5.74, 6) is -5.48. The third-order valence-electron chi connectivity index (χ3n) is 1.96. The normalized spacial score (nSPS) is 18.2. The fraction of sp³-hybridized carbons (Fsp3) is 0.250. The lowest BCUT2D eigenvalue weighted by atomic mass is 10.1. The third-order valence-corrected chi connectivity index (χ3v) is 1.96. The maximum absolute atomic E-state index is 12.9. The zero-order valence-electron chi connectivity index (χ0n) is 6.37. The highest BCUT2D eigenvalue weighted by atomic mass is 19.3. The van der Waals surface area contributed by atoms with E-state index in [1.807, 2.05) is 0 Å². The molecule has 70 valence electrons. The van der Waals surface area contributed by atoms with Crippen molar-refractivity contribution in [1.82, 2.24) is 0 Å². The van der Waals surface area contributed by atoms with Crippen molar-refractivity contribution < 1.29 is 17.6 Å². The summed E-state index contributed by atoms with van der Waals surface area (Å²) in [6.45, 7) is -0.606. The molecule has 2 rings (SSSR count). The number of nitrogens with one attached hydrogen (secondary N) is 1. The lowest BCUT2D eigenvalue weighted by Gasteiger charge is -2.07. The molecule has 5 heteroatoms. The lowest BCUT2D eigenvalue weighted by molar-refractivity contribution is 0.0182. The van der Waals surface area contributed by atoms with Crippen molar-refractivity contribution in [2.45, 2.75) is 5.92 Å². The minimum Gasteiger partial charge on any atom is -0.378 e. The molecule has 1 heterocycles. The Hall–Kier alpha value is -1.26. The van der Waals surface area contributed by atoms with E-state index in [2.05, 4.69) is 5.32 Å². The van der Waals surface area contributed by atoms with Crippen molar-refractivity contribution in [1.29, 1.82) is 0 Å². The molecule has 0 bridgehead atoms. The Morgan fingerprint density at radius 1 is 1.15 bits per heavy atom. The zero-order valence-corrected chi connectivity index (χ0v) is 6.37. The van der Waals surface area contributed by atoms with Gasteiger partial charge in [-0.3, -0.25) is 0 Å². The van der Waals surface area contributed by atoms with Gasteiger partial charge >= 0.3 is 0 Å². The van der Waals surface area contributed by atoms with E-state index in [0.717, 1.165) is 6.07 Å². The first-order valence-electron chi connectivity index (χ1n) is 3.62. The van der Waals surface area contributed by atoms with Gasteiger partial charge in [0.2, 0.25) is 0 Å². The third kappa shape index (κ3) is 1.15. The van der Waals surface area contributed by atoms with Gasteiger partial charge in [0.25, 0.3) is 5.92 Å². The van der Waals surface area contributed by atoms with Gasteiger partial charge in [-0.25, -0.2) is 8.78 Å². The van der Waals surface area contributed by atoms with E-state index in [0.29, 0.717) is 6.07 Å². The van der Waals surface area contributed by atoms with Crippen molar-refractivity contribution in [3.8, 4) is 0 Å². The van der Waals surface area contributed by atoms with Crippen molar-refractivity contribution in [2.24, 2.45) is 0 Å². The Morgan fingerprint density at radius 3 is 2.46 bits per heavy atom. The van der Waals surface area contributed by atoms with E-state index >= 15 is 0 Å². The molecule has 0 aliphatic carbocycles. The Balaban J connectivity index is 2.61. The molecule has 0 radical (unpaired) electrons. The van der Waals surface area contributed by atoms with Crippen molar-refractivity contribution >= 4 is 5.69 Å². The molecular weight excluding hydrogens is 186 g/mol. The number of fused-ring (bicyclic) bond motifs is 1. The van der Waals surface area contributed by atoms with E-state index < -0.39 is 29.7 Å². The second-order valence-electron chi connectivity index (χ2n) is 2.87. The van der Waals surface area contributed by atoms with Gasteiger partial charge in [-0.2, -0.15) is 8.78 Å². The number of alkyl halides is 2. The molecule has 0 unspecified atom stereocenters. The number of hydrogen-bond donors (Lipinski definition) is 1. The molecular formula is C8H5F4N. The van der Waals surface area contributed by atoms with Gasteiger partial charge < -0.3 is 5.32 Å². The van der Waals surface area contributed by atoms with E-state index in [1.54, 1.807) is 0 Å².